The van der Waals surface area contributed by atoms with E-state index in [1.165, 1.54) is 0 Å². The molecule has 2 rings (SSSR count). The van der Waals surface area contributed by atoms with Crippen LogP contribution in [0.25, 0.3) is 0 Å². The number of aryl methyl sites for hydroxylation is 1. The molecule has 2 heterocycles. The van der Waals surface area contributed by atoms with E-state index in [4.69, 9.17) is 0 Å². The minimum atomic E-state index is 0. The molecule has 0 aliphatic heterocycles. The molecule has 0 bridgehead atoms. The van der Waals surface area contributed by atoms with Crippen molar-refractivity contribution in [1.82, 2.24) is 25.4 Å². The third-order valence-electron chi connectivity index (χ3n) is 2.72. The number of hydrogen-bond donors (Lipinski definition) is 2. The van der Waals surface area contributed by atoms with Crippen molar-refractivity contribution in [3.05, 3.63) is 34.0 Å². The Kier molecular flexibility index (Phi) is 7.65. The van der Waals surface area contributed by atoms with Crippen LogP contribution >= 0.6 is 35.3 Å². The maximum atomic E-state index is 4.59. The van der Waals surface area contributed by atoms with E-state index in [0.29, 0.717) is 6.54 Å². The number of hydrogen-bond acceptors (Lipinski definition) is 4. The summed E-state index contributed by atoms with van der Waals surface area (Å²) in [6.07, 6.45) is 1.74. The first kappa shape index (κ1) is 17.9. The molecule has 2 aromatic rings. The maximum Gasteiger partial charge on any atom is 0.194 e. The van der Waals surface area contributed by atoms with E-state index in [-0.39, 0.29) is 24.0 Å². The molecule has 0 radical (unpaired) electrons. The van der Waals surface area contributed by atoms with Gasteiger partial charge in [-0.15, -0.1) is 35.3 Å². The lowest BCUT2D eigenvalue weighted by Gasteiger charge is -2.21. The molecule has 0 aliphatic carbocycles. The number of aromatic amines is 1. The summed E-state index contributed by atoms with van der Waals surface area (Å²) in [5.74, 6) is 0.868. The highest BCUT2D eigenvalue weighted by Gasteiger charge is 2.08. The van der Waals surface area contributed by atoms with Crippen LogP contribution in [0.5, 0.6) is 0 Å². The summed E-state index contributed by atoms with van der Waals surface area (Å²) in [6.45, 7) is 6.25. The van der Waals surface area contributed by atoms with Gasteiger partial charge in [-0.25, -0.2) is 9.98 Å². The van der Waals surface area contributed by atoms with Crippen molar-refractivity contribution in [2.24, 2.45) is 4.99 Å². The van der Waals surface area contributed by atoms with Crippen LogP contribution in [-0.2, 0) is 13.1 Å². The highest BCUT2D eigenvalue weighted by molar-refractivity contribution is 14.0. The second-order valence-electron chi connectivity index (χ2n) is 4.47. The fraction of sp³-hybridized carbons (Fsp3) is 0.462. The number of H-pyrrole nitrogens is 1. The van der Waals surface area contributed by atoms with Crippen molar-refractivity contribution >= 4 is 41.3 Å². The molecule has 0 atom stereocenters. The molecule has 21 heavy (non-hydrogen) atoms. The normalized spacial score (nSPS) is 11.1. The van der Waals surface area contributed by atoms with E-state index in [1.54, 1.807) is 17.5 Å². The Morgan fingerprint density at radius 3 is 2.90 bits per heavy atom. The van der Waals surface area contributed by atoms with Gasteiger partial charge in [0.25, 0.3) is 0 Å². The lowest BCUT2D eigenvalue weighted by Crippen LogP contribution is -2.38. The van der Waals surface area contributed by atoms with E-state index in [1.807, 2.05) is 20.0 Å². The number of guanidine groups is 1. The van der Waals surface area contributed by atoms with Gasteiger partial charge in [-0.05, 0) is 19.9 Å². The highest BCUT2D eigenvalue weighted by Crippen LogP contribution is 2.10. The van der Waals surface area contributed by atoms with Gasteiger partial charge < -0.3 is 10.2 Å². The largest absolute Gasteiger partial charge is 0.357 e. The lowest BCUT2D eigenvalue weighted by molar-refractivity contribution is 0.470. The summed E-state index contributed by atoms with van der Waals surface area (Å²) in [5, 5.41) is 13.3. The Morgan fingerprint density at radius 2 is 2.33 bits per heavy atom. The smallest absolute Gasteiger partial charge is 0.194 e. The van der Waals surface area contributed by atoms with Crippen molar-refractivity contribution in [3.8, 4) is 0 Å². The van der Waals surface area contributed by atoms with Crippen LogP contribution in [0.2, 0.25) is 0 Å². The molecule has 0 aromatic carbocycles. The molecular formula is C13H21IN6S. The Hall–Kier alpha value is -1.16. The number of nitrogens with zero attached hydrogens (tertiary/aromatic N) is 4. The van der Waals surface area contributed by atoms with Crippen LogP contribution in [-0.4, -0.2) is 39.6 Å². The minimum absolute atomic E-state index is 0. The third kappa shape index (κ3) is 5.62. The van der Waals surface area contributed by atoms with Gasteiger partial charge in [0, 0.05) is 25.2 Å². The van der Waals surface area contributed by atoms with Gasteiger partial charge in [0.15, 0.2) is 5.96 Å². The van der Waals surface area contributed by atoms with Gasteiger partial charge in [-0.1, -0.05) is 0 Å². The summed E-state index contributed by atoms with van der Waals surface area (Å²) < 4.78 is 0. The molecule has 6 nitrogen and oxygen atoms in total. The standard InChI is InChI=1S/C13H20N6S.HI/c1-4-14-13(15-7-11-5-6-16-18-11)19(3)8-12-9-20-10(2)17-12;/h5-6,9H,4,7-8H2,1-3H3,(H,14,15)(H,16,18);1H. The van der Waals surface area contributed by atoms with Crippen LogP contribution in [0.4, 0.5) is 0 Å². The number of thiazole rings is 1. The number of aliphatic imine (C=N–C) groups is 1. The van der Waals surface area contributed by atoms with Crippen LogP contribution in [0.15, 0.2) is 22.6 Å². The molecule has 0 saturated heterocycles. The second kappa shape index (κ2) is 8.98. The first-order valence-electron chi connectivity index (χ1n) is 6.57. The van der Waals surface area contributed by atoms with E-state index in [0.717, 1.165) is 35.4 Å². The molecule has 0 unspecified atom stereocenters. The summed E-state index contributed by atoms with van der Waals surface area (Å²) in [7, 11) is 2.02. The van der Waals surface area contributed by atoms with Crippen molar-refractivity contribution < 1.29 is 0 Å². The van der Waals surface area contributed by atoms with Crippen molar-refractivity contribution in [1.29, 1.82) is 0 Å². The van der Waals surface area contributed by atoms with Gasteiger partial charge in [-0.3, -0.25) is 5.10 Å². The lowest BCUT2D eigenvalue weighted by atomic mass is 10.4. The Labute approximate surface area is 146 Å². The third-order valence-corrected chi connectivity index (χ3v) is 3.54. The van der Waals surface area contributed by atoms with Gasteiger partial charge in [0.1, 0.15) is 0 Å². The molecule has 0 spiro atoms. The summed E-state index contributed by atoms with van der Waals surface area (Å²) in [5.41, 5.74) is 2.07. The van der Waals surface area contributed by atoms with Gasteiger partial charge in [-0.2, -0.15) is 5.10 Å². The van der Waals surface area contributed by atoms with Crippen molar-refractivity contribution in [2.75, 3.05) is 13.6 Å². The average Bonchev–Trinajstić information content (AvgIpc) is 3.06. The van der Waals surface area contributed by atoms with Crippen LogP contribution in [0.3, 0.4) is 0 Å². The Bertz CT molecular complexity index is 551. The monoisotopic (exact) mass is 420 g/mol. The van der Waals surface area contributed by atoms with E-state index in [9.17, 15) is 0 Å². The zero-order valence-corrected chi connectivity index (χ0v) is 15.6. The molecule has 0 aliphatic rings. The van der Waals surface area contributed by atoms with E-state index >= 15 is 0 Å². The van der Waals surface area contributed by atoms with Crippen molar-refractivity contribution in [3.63, 3.8) is 0 Å². The van der Waals surface area contributed by atoms with Gasteiger partial charge in [0.2, 0.25) is 0 Å². The fourth-order valence-corrected chi connectivity index (χ4v) is 2.41. The number of halogens is 1. The Morgan fingerprint density at radius 1 is 1.52 bits per heavy atom. The van der Waals surface area contributed by atoms with E-state index in [2.05, 4.69) is 42.7 Å². The fourth-order valence-electron chi connectivity index (χ4n) is 1.80. The number of nitrogens with one attached hydrogen (secondary N) is 2. The predicted octanol–water partition coefficient (Wildman–Crippen LogP) is 2.39. The zero-order valence-electron chi connectivity index (χ0n) is 12.5. The topological polar surface area (TPSA) is 69.2 Å². The second-order valence-corrected chi connectivity index (χ2v) is 5.53. The summed E-state index contributed by atoms with van der Waals surface area (Å²) in [4.78, 5) is 11.2. The van der Waals surface area contributed by atoms with E-state index < -0.39 is 0 Å². The van der Waals surface area contributed by atoms with Crippen LogP contribution < -0.4 is 5.32 Å². The number of aromatic nitrogens is 3. The van der Waals surface area contributed by atoms with Crippen LogP contribution in [0.1, 0.15) is 23.3 Å². The molecule has 0 saturated carbocycles. The van der Waals surface area contributed by atoms with Gasteiger partial charge in [0.05, 0.1) is 29.5 Å². The maximum absolute atomic E-state index is 4.59. The SMILES string of the molecule is CCNC(=NCc1ccn[nH]1)N(C)Cc1csc(C)n1.I. The summed E-state index contributed by atoms with van der Waals surface area (Å²) >= 11 is 1.67. The van der Waals surface area contributed by atoms with Crippen LogP contribution in [0, 0.1) is 6.92 Å². The van der Waals surface area contributed by atoms with Gasteiger partial charge >= 0.3 is 0 Å². The Balaban J connectivity index is 0.00000220. The zero-order chi connectivity index (χ0) is 14.4. The molecule has 8 heteroatoms. The molecule has 0 amide bonds. The highest BCUT2D eigenvalue weighted by atomic mass is 127. The molecule has 2 aromatic heterocycles. The minimum Gasteiger partial charge on any atom is -0.357 e. The first-order chi connectivity index (χ1) is 9.69. The summed E-state index contributed by atoms with van der Waals surface area (Å²) in [6, 6.07) is 1.93. The number of rotatable bonds is 5. The molecule has 0 fully saturated rings. The molecule has 2 N–H and O–H groups in total. The molecule has 116 valence electrons. The van der Waals surface area contributed by atoms with Crippen molar-refractivity contribution in [2.45, 2.75) is 26.9 Å². The quantitative estimate of drug-likeness (QED) is 0.443. The first-order valence-corrected chi connectivity index (χ1v) is 7.45. The molecular weight excluding hydrogens is 399 g/mol. The predicted molar refractivity (Wildman–Crippen MR) is 97.1 cm³/mol. The average molecular weight is 420 g/mol.